The van der Waals surface area contributed by atoms with Crippen LogP contribution in [0.1, 0.15) is 224 Å². The maximum Gasteiger partial charge on any atom is 0.410 e. The first kappa shape index (κ1) is 113. The number of amides is 5. The number of fused-ring (bicyclic) bond motifs is 6. The van der Waals surface area contributed by atoms with Gasteiger partial charge in [0.25, 0.3) is 0 Å². The fourth-order valence-electron chi connectivity index (χ4n) is 13.7. The molecule has 0 bridgehead atoms. The van der Waals surface area contributed by atoms with Gasteiger partial charge in [0.05, 0.1) is 75.4 Å². The quantitative estimate of drug-likeness (QED) is 0.0356. The number of hydrogen-bond acceptors (Lipinski definition) is 30. The van der Waals surface area contributed by atoms with E-state index in [2.05, 4.69) is 75.1 Å². The van der Waals surface area contributed by atoms with Crippen molar-refractivity contribution in [2.24, 2.45) is 0 Å². The molecule has 0 spiro atoms. The number of aliphatic hydroxyl groups excluding tert-OH is 1. The molecule has 0 saturated carbocycles. The summed E-state index contributed by atoms with van der Waals surface area (Å²) in [6.07, 6.45) is 39.4. The second-order valence-electron chi connectivity index (χ2n) is 37.6. The summed E-state index contributed by atoms with van der Waals surface area (Å²) in [5.74, 6) is 3.56. The van der Waals surface area contributed by atoms with E-state index in [0.717, 1.165) is 65.9 Å². The third-order valence-corrected chi connectivity index (χ3v) is 20.3. The van der Waals surface area contributed by atoms with E-state index < -0.39 is 46.0 Å². The number of ether oxygens (including phenoxy) is 7. The van der Waals surface area contributed by atoms with Crippen LogP contribution >= 0.6 is 0 Å². The summed E-state index contributed by atoms with van der Waals surface area (Å²) < 4.78 is 48.4. The zero-order valence-corrected chi connectivity index (χ0v) is 85.9. The zero-order chi connectivity index (χ0) is 101. The van der Waals surface area contributed by atoms with Gasteiger partial charge < -0.3 is 78.7 Å². The van der Waals surface area contributed by atoms with Crippen molar-refractivity contribution in [3.05, 3.63) is 265 Å². The Hall–Kier alpha value is -14.5. The molecule has 12 aromatic rings. The van der Waals surface area contributed by atoms with E-state index in [0.29, 0.717) is 151 Å². The first-order valence-corrected chi connectivity index (χ1v) is 46.1. The summed E-state index contributed by atoms with van der Waals surface area (Å²) in [5, 5.41) is 10.4. The molecule has 42 heteroatoms. The third kappa shape index (κ3) is 37.2. The molecule has 17 rings (SSSR count). The third-order valence-electron chi connectivity index (χ3n) is 20.3. The van der Waals surface area contributed by atoms with Gasteiger partial charge in [-0.2, -0.15) is 0 Å². The molecule has 17 heterocycles. The monoisotopic (exact) mass is 2040 g/mol. The molecular weight excluding hydrogens is 1910 g/mol. The number of aliphatic hydroxyl groups is 1. The maximum atomic E-state index is 12.2. The van der Waals surface area contributed by atoms with Crippen molar-refractivity contribution in [3.8, 4) is 0 Å². The van der Waals surface area contributed by atoms with Gasteiger partial charge in [-0.1, -0.05) is 6.08 Å². The Morgan fingerprint density at radius 1 is 0.408 bits per heavy atom. The largest absolute Gasteiger partial charge is 0.461 e. The van der Waals surface area contributed by atoms with Crippen molar-refractivity contribution in [3.63, 3.8) is 0 Å². The van der Waals surface area contributed by atoms with E-state index in [1.54, 1.807) is 130 Å². The number of pyridine rings is 4. The van der Waals surface area contributed by atoms with Crippen LogP contribution in [0.25, 0.3) is 17.8 Å². The van der Waals surface area contributed by atoms with E-state index >= 15 is 0 Å². The second-order valence-corrected chi connectivity index (χ2v) is 37.6. The summed E-state index contributed by atoms with van der Waals surface area (Å²) >= 11 is 0. The molecule has 0 radical (unpaired) electrons. The molecule has 5 aliphatic rings. The van der Waals surface area contributed by atoms with Crippen LogP contribution in [0.2, 0.25) is 0 Å². The molecule has 12 aromatic heterocycles. The van der Waals surface area contributed by atoms with Gasteiger partial charge in [-0.15, -0.1) is 0 Å². The topological polar surface area (TPSA) is 460 Å². The molecule has 5 amide bonds. The van der Waals surface area contributed by atoms with Crippen molar-refractivity contribution in [2.75, 3.05) is 51.7 Å². The number of esters is 2. The van der Waals surface area contributed by atoms with Crippen LogP contribution in [0.3, 0.4) is 0 Å². The smallest absolute Gasteiger partial charge is 0.410 e. The van der Waals surface area contributed by atoms with Crippen molar-refractivity contribution in [1.29, 1.82) is 0 Å². The number of imidazole rings is 6. The molecule has 0 aliphatic carbocycles. The molecule has 3 N–H and O–H groups in total. The standard InChI is InChI=1S/C18H24N4O3.C18H24N4O2.C18H22N4O2.C14H21N3O4.C12H17N3O3.C9H9N3O2.C6H7N.C4H5N3.CH3.Pd/c1-18(2,3)25-17(24)22-9-8-21-11-14(20-16(21)12-22)15(23)10-13-4-6-19-7-5-13;2*1-18(2,3)24-17(23)22-11-10-21-12-15(20-16(21)13-22)5-4-14-6-8-19-9-7-14;1-5-20-12(18)10-8-16-6-7-17(9-11(16)15-10)13(19)21-14(2,3)4;1-12(2,3)18-11(17)15-5-4-14-6-9(8-16)13-10(14)7-15;1-2-14-9(13)7-6-12-4-3-10-5-8(12)11-7;1-6-2-4-7-5-3-6;5-4-3-6-1-2-7-4;;/h4-7,11,15,23H,8-10,12H2,1-3H3;6-9,12H,4-5,10-11,13H2,1-3H3;4-9,12H,10-11,13H2,1-3H3;8H,5-7,9H2,1-4H3;6,8H,4-5,7H2,1-3H3;3-6H,2H2,1H3;2-5H,1H3;1-3H,(H2,5,7);1H3;/q;;;;;;;;-1;/b;;5-4+;;;;;;;. The summed E-state index contributed by atoms with van der Waals surface area (Å²) in [7, 11) is 0. The van der Waals surface area contributed by atoms with E-state index in [1.165, 1.54) is 17.3 Å². The zero-order valence-electron chi connectivity index (χ0n) is 84.3. The Morgan fingerprint density at radius 3 is 1.19 bits per heavy atom. The SMILES string of the molecule is CC(C)(C)OC(=O)N1CCn2cc(/C=C/c3ccncc3)nc2C1.CC(C)(C)OC(=O)N1CCn2cc(C(O)Cc3ccncc3)nc2C1.CC(C)(C)OC(=O)N1CCn2cc(C=O)nc2C1.CC(C)(C)OC(=O)N1CCn2cc(CCc3ccncc3)nc2C1.CCOC(=O)c1cn2c(n1)CN(C(=O)OC(C)(C)C)CC2.CCOC(=O)c1cn2ccncc2n1.Cc1ccncc1.Nc1cnccn1.[CH3-].[Pd]. The minimum atomic E-state index is -0.685. The van der Waals surface area contributed by atoms with Crippen LogP contribution in [0.4, 0.5) is 29.8 Å². The van der Waals surface area contributed by atoms with E-state index in [4.69, 9.17) is 43.9 Å². The van der Waals surface area contributed by atoms with Gasteiger partial charge in [0, 0.05) is 204 Å². The first-order valence-electron chi connectivity index (χ1n) is 46.1. The summed E-state index contributed by atoms with van der Waals surface area (Å²) in [6.45, 7) is 42.4. The molecule has 41 nitrogen and oxygen atoms in total. The summed E-state index contributed by atoms with van der Waals surface area (Å²) in [6, 6.07) is 15.6. The second kappa shape index (κ2) is 52.6. The van der Waals surface area contributed by atoms with Gasteiger partial charge in [-0.05, 0) is 214 Å². The van der Waals surface area contributed by atoms with Crippen LogP contribution in [-0.2, 0) is 138 Å². The number of aldehydes is 1. The Kier molecular flexibility index (Phi) is 41.8. The van der Waals surface area contributed by atoms with Crippen LogP contribution < -0.4 is 5.73 Å². The number of nitrogen functional groups attached to an aromatic ring is 1. The molecular formula is C100H132N25O16Pd-. The van der Waals surface area contributed by atoms with Crippen molar-refractivity contribution in [1.82, 2.24) is 117 Å². The maximum absolute atomic E-state index is 12.2. The number of nitrogens with two attached hydrogens (primary N) is 1. The fourth-order valence-corrected chi connectivity index (χ4v) is 13.7. The van der Waals surface area contributed by atoms with Crippen LogP contribution in [0.5, 0.6) is 0 Å². The van der Waals surface area contributed by atoms with Crippen molar-refractivity contribution >= 4 is 72.3 Å². The van der Waals surface area contributed by atoms with Gasteiger partial charge in [-0.3, -0.25) is 59.2 Å². The Bertz CT molecular complexity index is 5990. The van der Waals surface area contributed by atoms with Gasteiger partial charge in [-0.25, -0.2) is 68.4 Å². The normalized spacial score (nSPS) is 13.6. The van der Waals surface area contributed by atoms with E-state index in [-0.39, 0.29) is 64.0 Å². The van der Waals surface area contributed by atoms with Gasteiger partial charge >= 0.3 is 42.4 Å². The first-order chi connectivity index (χ1) is 66.4. The molecule has 5 aliphatic heterocycles. The summed E-state index contributed by atoms with van der Waals surface area (Å²) in [5.41, 5.74) is 11.5. The Morgan fingerprint density at radius 2 is 0.789 bits per heavy atom. The number of carbonyl (C=O) groups excluding carboxylic acids is 8. The minimum absolute atomic E-state index is 0. The molecule has 1 atom stereocenters. The number of nitrogens with zero attached hydrogens (tertiary/aromatic N) is 24. The predicted octanol–water partition coefficient (Wildman–Crippen LogP) is 14.4. The molecule has 0 aromatic carbocycles. The van der Waals surface area contributed by atoms with Crippen LogP contribution in [0, 0.1) is 14.4 Å². The Balaban J connectivity index is 0.000000203. The predicted molar refractivity (Wildman–Crippen MR) is 524 cm³/mol. The van der Waals surface area contributed by atoms with E-state index in [9.17, 15) is 43.5 Å². The number of aryl methyl sites for hydroxylation is 3. The number of carbonyl (C=O) groups is 8. The molecule has 1 unspecified atom stereocenters. The van der Waals surface area contributed by atoms with E-state index in [1.807, 2.05) is 210 Å². The van der Waals surface area contributed by atoms with Crippen molar-refractivity contribution in [2.45, 2.75) is 243 Å². The minimum Gasteiger partial charge on any atom is -0.461 e. The molecule has 142 heavy (non-hydrogen) atoms. The van der Waals surface area contributed by atoms with Gasteiger partial charge in [0.1, 0.15) is 74.7 Å². The fraction of sp³-hybridized carbons (Fsp3) is 0.440. The molecule has 0 saturated heterocycles. The summed E-state index contributed by atoms with van der Waals surface area (Å²) in [4.78, 5) is 156. The van der Waals surface area contributed by atoms with Crippen LogP contribution in [-0.4, -0.2) is 244 Å². The van der Waals surface area contributed by atoms with Gasteiger partial charge in [0.15, 0.2) is 23.3 Å². The number of aromatic nitrogens is 19. The molecule has 0 fully saturated rings. The number of anilines is 1. The van der Waals surface area contributed by atoms with Crippen LogP contribution in [0.15, 0.2) is 172 Å². The van der Waals surface area contributed by atoms with Crippen molar-refractivity contribution < 1.29 is 97.0 Å². The number of hydrogen-bond donors (Lipinski definition) is 2. The number of rotatable bonds is 13. The average molecular weight is 2050 g/mol. The Labute approximate surface area is 841 Å². The average Bonchev–Trinajstić information content (AvgIpc) is 1.66. The molecule has 764 valence electrons. The van der Waals surface area contributed by atoms with Gasteiger partial charge in [0.2, 0.25) is 0 Å².